The average Bonchev–Trinajstić information content (AvgIpc) is 2.03. The molecule has 0 amide bonds. The van der Waals surface area contributed by atoms with Gasteiger partial charge in [0, 0.05) is 0 Å². The van der Waals surface area contributed by atoms with Crippen LogP contribution >= 0.6 is 0 Å². The lowest BCUT2D eigenvalue weighted by Gasteiger charge is -2.18. The first-order chi connectivity index (χ1) is 5.95. The van der Waals surface area contributed by atoms with Crippen molar-refractivity contribution in [1.82, 2.24) is 0 Å². The molecule has 0 saturated carbocycles. The van der Waals surface area contributed by atoms with Crippen molar-refractivity contribution in [3.8, 4) is 0 Å². The minimum Gasteiger partial charge on any atom is -0.480 e. The van der Waals surface area contributed by atoms with Gasteiger partial charge in [-0.05, 0) is 26.2 Å². The Hall–Kier alpha value is -1.32. The topological polar surface area (TPSA) is 74.6 Å². The van der Waals surface area contributed by atoms with E-state index in [0.717, 1.165) is 0 Å². The highest BCUT2D eigenvalue weighted by Crippen LogP contribution is 2.24. The van der Waals surface area contributed by atoms with Crippen LogP contribution in [0.3, 0.4) is 0 Å². The van der Waals surface area contributed by atoms with Crippen molar-refractivity contribution in [1.29, 1.82) is 0 Å². The van der Waals surface area contributed by atoms with E-state index in [2.05, 4.69) is 6.58 Å². The molecule has 0 atom stereocenters. The fraction of sp³-hybridized carbons (Fsp3) is 0.556. The molecule has 74 valence electrons. The highest BCUT2D eigenvalue weighted by molar-refractivity contribution is 5.97. The third-order valence-electron chi connectivity index (χ3n) is 2.03. The Morgan fingerprint density at radius 2 is 1.85 bits per heavy atom. The number of allylic oxidation sites excluding steroid dienone is 1. The summed E-state index contributed by atoms with van der Waals surface area (Å²) in [5.74, 6) is -2.58. The van der Waals surface area contributed by atoms with Crippen LogP contribution in [0.25, 0.3) is 0 Å². The maximum Gasteiger partial charge on any atom is 0.320 e. The largest absolute Gasteiger partial charge is 0.480 e. The number of carboxylic acids is 2. The highest BCUT2D eigenvalue weighted by Gasteiger charge is 2.40. The van der Waals surface area contributed by atoms with Gasteiger partial charge in [-0.15, -0.1) is 6.58 Å². The lowest BCUT2D eigenvalue weighted by molar-refractivity contribution is -0.163. The molecule has 4 nitrogen and oxygen atoms in total. The van der Waals surface area contributed by atoms with Gasteiger partial charge < -0.3 is 10.2 Å². The van der Waals surface area contributed by atoms with Gasteiger partial charge in [-0.1, -0.05) is 6.08 Å². The van der Waals surface area contributed by atoms with Crippen LogP contribution in [0.15, 0.2) is 12.7 Å². The molecular weight excluding hydrogens is 172 g/mol. The SMILES string of the molecule is C=CCCCC(C)(C(=O)O)C(=O)O. The highest BCUT2D eigenvalue weighted by atomic mass is 16.4. The van der Waals surface area contributed by atoms with Gasteiger partial charge in [-0.2, -0.15) is 0 Å². The monoisotopic (exact) mass is 186 g/mol. The van der Waals surface area contributed by atoms with Crippen molar-refractivity contribution in [3.63, 3.8) is 0 Å². The maximum absolute atomic E-state index is 10.7. The molecule has 0 aromatic carbocycles. The Morgan fingerprint density at radius 1 is 1.38 bits per heavy atom. The second-order valence-corrected chi connectivity index (χ2v) is 3.12. The van der Waals surface area contributed by atoms with E-state index in [0.29, 0.717) is 12.8 Å². The average molecular weight is 186 g/mol. The summed E-state index contributed by atoms with van der Waals surface area (Å²) >= 11 is 0. The van der Waals surface area contributed by atoms with E-state index in [1.807, 2.05) is 0 Å². The normalized spacial score (nSPS) is 10.8. The van der Waals surface area contributed by atoms with E-state index < -0.39 is 17.4 Å². The molecule has 0 radical (unpaired) electrons. The van der Waals surface area contributed by atoms with Gasteiger partial charge in [0.05, 0.1) is 0 Å². The van der Waals surface area contributed by atoms with Crippen LogP contribution in [-0.2, 0) is 9.59 Å². The Morgan fingerprint density at radius 3 is 2.15 bits per heavy atom. The molecule has 0 aliphatic heterocycles. The van der Waals surface area contributed by atoms with Crippen molar-refractivity contribution < 1.29 is 19.8 Å². The van der Waals surface area contributed by atoms with Gasteiger partial charge in [-0.25, -0.2) is 0 Å². The molecule has 0 unspecified atom stereocenters. The van der Waals surface area contributed by atoms with Crippen molar-refractivity contribution in [2.75, 3.05) is 0 Å². The second-order valence-electron chi connectivity index (χ2n) is 3.12. The molecule has 0 aromatic rings. The molecule has 0 rings (SSSR count). The summed E-state index contributed by atoms with van der Waals surface area (Å²) in [4.78, 5) is 21.3. The molecule has 0 bridgehead atoms. The lowest BCUT2D eigenvalue weighted by atomic mass is 9.85. The summed E-state index contributed by atoms with van der Waals surface area (Å²) in [7, 11) is 0. The summed E-state index contributed by atoms with van der Waals surface area (Å²) in [5.41, 5.74) is -1.66. The summed E-state index contributed by atoms with van der Waals surface area (Å²) in [6.45, 7) is 4.70. The summed E-state index contributed by atoms with van der Waals surface area (Å²) in [6.07, 6.45) is 2.93. The minimum atomic E-state index is -1.66. The van der Waals surface area contributed by atoms with Gasteiger partial charge in [-0.3, -0.25) is 9.59 Å². The number of carboxylic acid groups (broad SMARTS) is 2. The Balaban J connectivity index is 4.34. The number of carbonyl (C=O) groups is 2. The zero-order chi connectivity index (χ0) is 10.5. The van der Waals surface area contributed by atoms with Gasteiger partial charge in [0.25, 0.3) is 0 Å². The summed E-state index contributed by atoms with van der Waals surface area (Å²) in [5, 5.41) is 17.4. The fourth-order valence-corrected chi connectivity index (χ4v) is 0.905. The van der Waals surface area contributed by atoms with Crippen LogP contribution in [0.4, 0.5) is 0 Å². The van der Waals surface area contributed by atoms with Gasteiger partial charge in [0.15, 0.2) is 5.41 Å². The van der Waals surface area contributed by atoms with Crippen LogP contribution in [0.1, 0.15) is 26.2 Å². The summed E-state index contributed by atoms with van der Waals surface area (Å²) in [6, 6.07) is 0. The van der Waals surface area contributed by atoms with Crippen molar-refractivity contribution in [2.45, 2.75) is 26.2 Å². The Bertz CT molecular complexity index is 206. The first kappa shape index (κ1) is 11.7. The van der Waals surface area contributed by atoms with Gasteiger partial charge >= 0.3 is 11.9 Å². The molecule has 13 heavy (non-hydrogen) atoms. The van der Waals surface area contributed by atoms with Gasteiger partial charge in [0.2, 0.25) is 0 Å². The standard InChI is InChI=1S/C9H14O4/c1-3-4-5-6-9(2,7(10)11)8(12)13/h3H,1,4-6H2,2H3,(H,10,11)(H,12,13). The van der Waals surface area contributed by atoms with Crippen LogP contribution in [-0.4, -0.2) is 22.2 Å². The quantitative estimate of drug-likeness (QED) is 0.374. The van der Waals surface area contributed by atoms with E-state index in [-0.39, 0.29) is 6.42 Å². The smallest absolute Gasteiger partial charge is 0.320 e. The molecule has 0 saturated heterocycles. The fourth-order valence-electron chi connectivity index (χ4n) is 0.905. The first-order valence-corrected chi connectivity index (χ1v) is 4.03. The van der Waals surface area contributed by atoms with Gasteiger partial charge in [0.1, 0.15) is 0 Å². The molecule has 0 fully saturated rings. The van der Waals surface area contributed by atoms with E-state index in [4.69, 9.17) is 10.2 Å². The van der Waals surface area contributed by atoms with Crippen LogP contribution in [0.2, 0.25) is 0 Å². The molecule has 0 spiro atoms. The van der Waals surface area contributed by atoms with Crippen LogP contribution in [0.5, 0.6) is 0 Å². The number of unbranched alkanes of at least 4 members (excludes halogenated alkanes) is 1. The van der Waals surface area contributed by atoms with E-state index in [9.17, 15) is 9.59 Å². The Labute approximate surface area is 76.9 Å². The van der Waals surface area contributed by atoms with Crippen molar-refractivity contribution >= 4 is 11.9 Å². The zero-order valence-electron chi connectivity index (χ0n) is 7.62. The lowest BCUT2D eigenvalue weighted by Crippen LogP contribution is -2.36. The maximum atomic E-state index is 10.7. The predicted molar refractivity (Wildman–Crippen MR) is 47.4 cm³/mol. The molecule has 0 aromatic heterocycles. The number of rotatable bonds is 6. The van der Waals surface area contributed by atoms with Crippen LogP contribution in [0, 0.1) is 5.41 Å². The first-order valence-electron chi connectivity index (χ1n) is 4.03. The number of hydrogen-bond acceptors (Lipinski definition) is 2. The predicted octanol–water partition coefficient (Wildman–Crippen LogP) is 1.52. The molecule has 0 aliphatic rings. The Kier molecular flexibility index (Phi) is 4.17. The third kappa shape index (κ3) is 2.89. The van der Waals surface area contributed by atoms with E-state index in [1.165, 1.54) is 6.92 Å². The molecule has 0 heterocycles. The number of hydrogen-bond donors (Lipinski definition) is 2. The van der Waals surface area contributed by atoms with E-state index in [1.54, 1.807) is 6.08 Å². The van der Waals surface area contributed by atoms with Crippen molar-refractivity contribution in [2.24, 2.45) is 5.41 Å². The second kappa shape index (κ2) is 4.64. The minimum absolute atomic E-state index is 0.129. The number of aliphatic carboxylic acids is 2. The zero-order valence-corrected chi connectivity index (χ0v) is 7.62. The molecule has 2 N–H and O–H groups in total. The molecule has 0 aliphatic carbocycles. The summed E-state index contributed by atoms with van der Waals surface area (Å²) < 4.78 is 0. The van der Waals surface area contributed by atoms with E-state index >= 15 is 0 Å². The molecule has 4 heteroatoms. The third-order valence-corrected chi connectivity index (χ3v) is 2.03. The van der Waals surface area contributed by atoms with Crippen LogP contribution < -0.4 is 0 Å². The molecular formula is C9H14O4. The van der Waals surface area contributed by atoms with Crippen molar-refractivity contribution in [3.05, 3.63) is 12.7 Å².